The molecule has 1 fully saturated rings. The number of hydrogen-bond donors (Lipinski definition) is 2. The quantitative estimate of drug-likeness (QED) is 0.788. The molecule has 26 heavy (non-hydrogen) atoms. The molecule has 1 heterocycles. The zero-order valence-corrected chi connectivity index (χ0v) is 16.0. The summed E-state index contributed by atoms with van der Waals surface area (Å²) in [4.78, 5) is 14.7. The minimum atomic E-state index is -0.0307. The maximum absolute atomic E-state index is 12.3. The second kappa shape index (κ2) is 8.26. The predicted molar refractivity (Wildman–Crippen MR) is 110 cm³/mol. The molecule has 2 N–H and O–H groups in total. The zero-order valence-electron chi connectivity index (χ0n) is 16.0. The van der Waals surface area contributed by atoms with Crippen LogP contribution in [0.1, 0.15) is 43.7 Å². The van der Waals surface area contributed by atoms with Gasteiger partial charge in [0.1, 0.15) is 0 Å². The number of anilines is 3. The van der Waals surface area contributed by atoms with E-state index in [-0.39, 0.29) is 12.5 Å². The summed E-state index contributed by atoms with van der Waals surface area (Å²) in [6.07, 6.45) is 2.53. The lowest BCUT2D eigenvalue weighted by Gasteiger charge is -2.18. The lowest BCUT2D eigenvalue weighted by atomic mass is 9.98. The highest BCUT2D eigenvalue weighted by atomic mass is 16.1. The Hall–Kier alpha value is -2.49. The average molecular weight is 351 g/mol. The van der Waals surface area contributed by atoms with Crippen LogP contribution in [0.15, 0.2) is 42.5 Å². The van der Waals surface area contributed by atoms with E-state index in [4.69, 9.17) is 0 Å². The number of aryl methyl sites for hydroxylation is 1. The monoisotopic (exact) mass is 351 g/mol. The van der Waals surface area contributed by atoms with Gasteiger partial charge >= 0.3 is 0 Å². The SMILES string of the molecule is Cc1cccc(C(C)C)c1NCC(=O)Nc1ccc(N2CCCC2)cc1. The molecule has 138 valence electrons. The number of amides is 1. The van der Waals surface area contributed by atoms with E-state index < -0.39 is 0 Å². The molecule has 1 aliphatic heterocycles. The number of carbonyl (C=O) groups is 1. The molecule has 0 radical (unpaired) electrons. The summed E-state index contributed by atoms with van der Waals surface area (Å²) in [6.45, 7) is 8.93. The zero-order chi connectivity index (χ0) is 18.5. The van der Waals surface area contributed by atoms with E-state index in [0.29, 0.717) is 5.92 Å². The number of benzene rings is 2. The Balaban J connectivity index is 1.58. The summed E-state index contributed by atoms with van der Waals surface area (Å²) < 4.78 is 0. The Labute approximate surface area is 156 Å². The van der Waals surface area contributed by atoms with Gasteiger partial charge in [0.2, 0.25) is 5.91 Å². The molecule has 4 nitrogen and oxygen atoms in total. The van der Waals surface area contributed by atoms with Gasteiger partial charge in [-0.1, -0.05) is 32.0 Å². The van der Waals surface area contributed by atoms with Crippen molar-refractivity contribution >= 4 is 23.0 Å². The third kappa shape index (κ3) is 4.37. The van der Waals surface area contributed by atoms with Crippen molar-refractivity contribution in [3.05, 3.63) is 53.6 Å². The standard InChI is InChI=1S/C22H29N3O/c1-16(2)20-8-6-7-17(3)22(20)23-15-21(26)24-18-9-11-19(12-10-18)25-13-4-5-14-25/h6-12,16,23H,4-5,13-15H2,1-3H3,(H,24,26). The summed E-state index contributed by atoms with van der Waals surface area (Å²) in [5.74, 6) is 0.385. The van der Waals surface area contributed by atoms with Gasteiger partial charge in [-0.25, -0.2) is 0 Å². The van der Waals surface area contributed by atoms with Gasteiger partial charge in [-0.2, -0.15) is 0 Å². The van der Waals surface area contributed by atoms with Gasteiger partial charge in [-0.15, -0.1) is 0 Å². The molecule has 0 aliphatic carbocycles. The predicted octanol–water partition coefficient (Wildman–Crippen LogP) is 4.77. The fourth-order valence-corrected chi connectivity index (χ4v) is 3.52. The summed E-state index contributed by atoms with van der Waals surface area (Å²) in [5, 5.41) is 6.30. The maximum atomic E-state index is 12.3. The van der Waals surface area contributed by atoms with Gasteiger partial charge in [0.15, 0.2) is 0 Å². The molecule has 2 aromatic rings. The third-order valence-corrected chi connectivity index (χ3v) is 4.98. The Kier molecular flexibility index (Phi) is 5.82. The summed E-state index contributed by atoms with van der Waals surface area (Å²) >= 11 is 0. The van der Waals surface area contributed by atoms with Crippen molar-refractivity contribution < 1.29 is 4.79 Å². The Morgan fingerprint density at radius 2 is 1.77 bits per heavy atom. The molecule has 0 unspecified atom stereocenters. The van der Waals surface area contributed by atoms with Gasteiger partial charge < -0.3 is 15.5 Å². The largest absolute Gasteiger partial charge is 0.376 e. The van der Waals surface area contributed by atoms with Gasteiger partial charge in [0.25, 0.3) is 0 Å². The summed E-state index contributed by atoms with van der Waals surface area (Å²) in [6, 6.07) is 14.4. The topological polar surface area (TPSA) is 44.4 Å². The van der Waals surface area contributed by atoms with Crippen molar-refractivity contribution in [1.82, 2.24) is 0 Å². The first-order valence-corrected chi connectivity index (χ1v) is 9.53. The van der Waals surface area contributed by atoms with Crippen LogP contribution in [0.4, 0.5) is 17.1 Å². The van der Waals surface area contributed by atoms with E-state index in [9.17, 15) is 4.79 Å². The second-order valence-electron chi connectivity index (χ2n) is 7.34. The molecule has 0 bridgehead atoms. The average Bonchev–Trinajstić information content (AvgIpc) is 3.15. The number of nitrogens with one attached hydrogen (secondary N) is 2. The van der Waals surface area contributed by atoms with Crippen LogP contribution in [0.25, 0.3) is 0 Å². The molecule has 1 amide bonds. The van der Waals surface area contributed by atoms with Crippen LogP contribution < -0.4 is 15.5 Å². The third-order valence-electron chi connectivity index (χ3n) is 4.98. The van der Waals surface area contributed by atoms with Crippen LogP contribution in [-0.4, -0.2) is 25.5 Å². The minimum Gasteiger partial charge on any atom is -0.376 e. The van der Waals surface area contributed by atoms with E-state index >= 15 is 0 Å². The van der Waals surface area contributed by atoms with E-state index in [1.165, 1.54) is 29.7 Å². The van der Waals surface area contributed by atoms with Crippen LogP contribution in [0.5, 0.6) is 0 Å². The summed E-state index contributed by atoms with van der Waals surface area (Å²) in [7, 11) is 0. The molecule has 0 aromatic heterocycles. The number of para-hydroxylation sites is 1. The molecule has 0 atom stereocenters. The Bertz CT molecular complexity index is 746. The lowest BCUT2D eigenvalue weighted by molar-refractivity contribution is -0.114. The molecular weight excluding hydrogens is 322 g/mol. The summed E-state index contributed by atoms with van der Waals surface area (Å²) in [5.41, 5.74) is 5.56. The van der Waals surface area contributed by atoms with E-state index in [1.807, 2.05) is 12.1 Å². The van der Waals surface area contributed by atoms with Crippen LogP contribution in [0.2, 0.25) is 0 Å². The van der Waals surface area contributed by atoms with Crippen molar-refractivity contribution in [3.63, 3.8) is 0 Å². The molecule has 0 saturated carbocycles. The van der Waals surface area contributed by atoms with Gasteiger partial charge in [0, 0.05) is 30.2 Å². The molecule has 3 rings (SSSR count). The first-order valence-electron chi connectivity index (χ1n) is 9.53. The van der Waals surface area contributed by atoms with Gasteiger partial charge in [0.05, 0.1) is 6.54 Å². The molecular formula is C22H29N3O. The molecule has 4 heteroatoms. The highest BCUT2D eigenvalue weighted by Crippen LogP contribution is 2.27. The Morgan fingerprint density at radius 1 is 1.08 bits per heavy atom. The second-order valence-corrected chi connectivity index (χ2v) is 7.34. The smallest absolute Gasteiger partial charge is 0.243 e. The normalized spacial score (nSPS) is 13.9. The van der Waals surface area contributed by atoms with Crippen molar-refractivity contribution in [2.45, 2.75) is 39.5 Å². The van der Waals surface area contributed by atoms with E-state index in [2.05, 4.69) is 66.6 Å². The van der Waals surface area contributed by atoms with Gasteiger partial charge in [-0.3, -0.25) is 4.79 Å². The first kappa shape index (κ1) is 18.3. The fourth-order valence-electron chi connectivity index (χ4n) is 3.52. The molecule has 1 aliphatic rings. The number of nitrogens with zero attached hydrogens (tertiary/aromatic N) is 1. The van der Waals surface area contributed by atoms with Crippen LogP contribution in [-0.2, 0) is 4.79 Å². The minimum absolute atomic E-state index is 0.0307. The lowest BCUT2D eigenvalue weighted by Crippen LogP contribution is -2.23. The number of rotatable bonds is 6. The number of hydrogen-bond acceptors (Lipinski definition) is 3. The highest BCUT2D eigenvalue weighted by molar-refractivity contribution is 5.94. The maximum Gasteiger partial charge on any atom is 0.243 e. The van der Waals surface area contributed by atoms with Crippen molar-refractivity contribution in [3.8, 4) is 0 Å². The first-order chi connectivity index (χ1) is 12.5. The van der Waals surface area contributed by atoms with Gasteiger partial charge in [-0.05, 0) is 61.1 Å². The Morgan fingerprint density at radius 3 is 2.42 bits per heavy atom. The van der Waals surface area contributed by atoms with Crippen molar-refractivity contribution in [1.29, 1.82) is 0 Å². The van der Waals surface area contributed by atoms with Crippen LogP contribution in [0.3, 0.4) is 0 Å². The molecule has 1 saturated heterocycles. The number of carbonyl (C=O) groups excluding carboxylic acids is 1. The fraction of sp³-hybridized carbons (Fsp3) is 0.409. The highest BCUT2D eigenvalue weighted by Gasteiger charge is 2.13. The van der Waals surface area contributed by atoms with E-state index in [0.717, 1.165) is 24.5 Å². The van der Waals surface area contributed by atoms with E-state index in [1.54, 1.807) is 0 Å². The molecule has 0 spiro atoms. The van der Waals surface area contributed by atoms with Crippen LogP contribution >= 0.6 is 0 Å². The van der Waals surface area contributed by atoms with Crippen molar-refractivity contribution in [2.24, 2.45) is 0 Å². The van der Waals surface area contributed by atoms with Crippen LogP contribution in [0, 0.1) is 6.92 Å². The molecule has 2 aromatic carbocycles. The van der Waals surface area contributed by atoms with Crippen molar-refractivity contribution in [2.75, 3.05) is 35.2 Å².